The first-order valence-corrected chi connectivity index (χ1v) is 6.93. The molecule has 94 valence electrons. The van der Waals surface area contributed by atoms with Gasteiger partial charge in [-0.25, -0.2) is 0 Å². The molecule has 3 heteroatoms. The Bertz CT molecular complexity index is 418. The van der Waals surface area contributed by atoms with Crippen LogP contribution in [0, 0.1) is 22.7 Å². The van der Waals surface area contributed by atoms with Crippen LogP contribution >= 0.6 is 0 Å². The minimum absolute atomic E-state index is 0.0266. The zero-order chi connectivity index (χ0) is 12.1. The van der Waals surface area contributed by atoms with Gasteiger partial charge in [-0.05, 0) is 25.2 Å². The molecule has 1 aliphatic heterocycles. The quantitative estimate of drug-likeness (QED) is 0.652. The molecule has 0 bridgehead atoms. The van der Waals surface area contributed by atoms with E-state index < -0.39 is 0 Å². The Hall–Kier alpha value is -0.570. The lowest BCUT2D eigenvalue weighted by atomic mass is 9.39. The summed E-state index contributed by atoms with van der Waals surface area (Å²) in [6.45, 7) is 4.47. The van der Waals surface area contributed by atoms with E-state index in [1.807, 2.05) is 0 Å². The Morgan fingerprint density at radius 3 is 2.76 bits per heavy atom. The van der Waals surface area contributed by atoms with Crippen LogP contribution in [-0.4, -0.2) is 17.6 Å². The van der Waals surface area contributed by atoms with E-state index in [1.54, 1.807) is 0 Å². The fourth-order valence-electron chi connectivity index (χ4n) is 5.67. The first kappa shape index (κ1) is 10.4. The zero-order valence-corrected chi connectivity index (χ0v) is 10.7. The van der Waals surface area contributed by atoms with Crippen LogP contribution in [0.2, 0.25) is 0 Å². The van der Waals surface area contributed by atoms with Gasteiger partial charge in [-0.1, -0.05) is 26.7 Å². The maximum absolute atomic E-state index is 12.4. The summed E-state index contributed by atoms with van der Waals surface area (Å²) in [6, 6.07) is 0. The van der Waals surface area contributed by atoms with Gasteiger partial charge < -0.3 is 10.5 Å². The average Bonchev–Trinajstić information content (AvgIpc) is 2.65. The number of fused-ring (bicyclic) bond motifs is 1. The Balaban J connectivity index is 1.87. The fourth-order valence-corrected chi connectivity index (χ4v) is 5.67. The lowest BCUT2D eigenvalue weighted by molar-refractivity contribution is -0.176. The second kappa shape index (κ2) is 2.56. The molecule has 0 amide bonds. The zero-order valence-electron chi connectivity index (χ0n) is 10.7. The van der Waals surface area contributed by atoms with Gasteiger partial charge >= 0.3 is 5.97 Å². The van der Waals surface area contributed by atoms with Gasteiger partial charge in [0.25, 0.3) is 0 Å². The summed E-state index contributed by atoms with van der Waals surface area (Å²) >= 11 is 0. The van der Waals surface area contributed by atoms with E-state index in [0.29, 0.717) is 11.8 Å². The third-order valence-corrected chi connectivity index (χ3v) is 6.35. The van der Waals surface area contributed by atoms with Gasteiger partial charge in [0.1, 0.15) is 6.10 Å². The van der Waals surface area contributed by atoms with Gasteiger partial charge in [-0.2, -0.15) is 0 Å². The molecule has 0 aromatic rings. The summed E-state index contributed by atoms with van der Waals surface area (Å²) in [5.74, 6) is 0.975. The minimum Gasteiger partial charge on any atom is -0.461 e. The Kier molecular flexibility index (Phi) is 1.56. The van der Waals surface area contributed by atoms with Crippen molar-refractivity contribution in [2.24, 2.45) is 28.4 Å². The van der Waals surface area contributed by atoms with Gasteiger partial charge in [0.05, 0.1) is 5.41 Å². The van der Waals surface area contributed by atoms with E-state index in [1.165, 1.54) is 6.42 Å². The highest BCUT2D eigenvalue weighted by atomic mass is 16.6. The molecule has 0 unspecified atom stereocenters. The average molecular weight is 235 g/mol. The number of rotatable bonds is 0. The van der Waals surface area contributed by atoms with Crippen molar-refractivity contribution in [2.45, 2.75) is 57.6 Å². The number of carbonyl (C=O) groups excluding carboxylic acids is 1. The molecule has 5 atom stereocenters. The molecule has 4 rings (SSSR count). The highest BCUT2D eigenvalue weighted by Crippen LogP contribution is 2.76. The molecule has 0 radical (unpaired) electrons. The van der Waals surface area contributed by atoms with E-state index in [0.717, 1.165) is 25.7 Å². The van der Waals surface area contributed by atoms with E-state index in [2.05, 4.69) is 13.8 Å². The standard InChI is InChI=1S/C14H21NO2/c1-12(2)7-8-9-10(12)17-11(16)13(9)5-3-4-6-14(8,13)15/h8-10H,3-7,15H2,1-2H3/t8-,9-,10-,13-,14-/m0/s1. The van der Waals surface area contributed by atoms with Crippen LogP contribution in [0.25, 0.3) is 0 Å². The molecule has 3 saturated carbocycles. The van der Waals surface area contributed by atoms with Crippen molar-refractivity contribution in [1.82, 2.24) is 0 Å². The maximum Gasteiger partial charge on any atom is 0.314 e. The SMILES string of the molecule is CC1(C)C[C@H]2[C@H]3[C@@H]1OC(=O)[C@]31CCCC[C@]21N. The molecule has 4 fully saturated rings. The van der Waals surface area contributed by atoms with Crippen molar-refractivity contribution in [3.8, 4) is 0 Å². The highest BCUT2D eigenvalue weighted by molar-refractivity contribution is 5.85. The second-order valence-electron chi connectivity index (χ2n) is 7.37. The first-order valence-electron chi connectivity index (χ1n) is 6.93. The summed E-state index contributed by atoms with van der Waals surface area (Å²) in [7, 11) is 0. The summed E-state index contributed by atoms with van der Waals surface area (Å²) in [6.07, 6.45) is 5.58. The van der Waals surface area contributed by atoms with E-state index in [9.17, 15) is 4.79 Å². The monoisotopic (exact) mass is 235 g/mol. The van der Waals surface area contributed by atoms with Crippen molar-refractivity contribution in [1.29, 1.82) is 0 Å². The number of esters is 1. The second-order valence-corrected chi connectivity index (χ2v) is 7.37. The molecule has 1 spiro atoms. The molecule has 0 aromatic carbocycles. The molecule has 2 N–H and O–H groups in total. The van der Waals surface area contributed by atoms with Crippen LogP contribution in [0.3, 0.4) is 0 Å². The van der Waals surface area contributed by atoms with Crippen molar-refractivity contribution < 1.29 is 9.53 Å². The van der Waals surface area contributed by atoms with Gasteiger partial charge in [-0.15, -0.1) is 0 Å². The summed E-state index contributed by atoms with van der Waals surface area (Å²) in [5.41, 5.74) is 6.26. The summed E-state index contributed by atoms with van der Waals surface area (Å²) < 4.78 is 5.76. The van der Waals surface area contributed by atoms with Gasteiger partial charge in [-0.3, -0.25) is 4.79 Å². The van der Waals surface area contributed by atoms with Gasteiger partial charge in [0.2, 0.25) is 0 Å². The molecule has 17 heavy (non-hydrogen) atoms. The number of ether oxygens (including phenoxy) is 1. The molecule has 3 aliphatic carbocycles. The molecule has 4 aliphatic rings. The Morgan fingerprint density at radius 1 is 1.29 bits per heavy atom. The predicted octanol–water partition coefficient (Wildman–Crippen LogP) is 1.85. The van der Waals surface area contributed by atoms with Crippen LogP contribution in [0.5, 0.6) is 0 Å². The van der Waals surface area contributed by atoms with Crippen LogP contribution in [-0.2, 0) is 9.53 Å². The summed E-state index contributed by atoms with van der Waals surface area (Å²) in [5, 5.41) is 0. The lowest BCUT2D eigenvalue weighted by Gasteiger charge is -2.64. The van der Waals surface area contributed by atoms with Crippen molar-refractivity contribution in [3.05, 3.63) is 0 Å². The number of hydrogen-bond acceptors (Lipinski definition) is 3. The third-order valence-electron chi connectivity index (χ3n) is 6.35. The van der Waals surface area contributed by atoms with Crippen LogP contribution in [0.1, 0.15) is 46.0 Å². The Labute approximate surface area is 102 Å². The molecule has 3 nitrogen and oxygen atoms in total. The molecular weight excluding hydrogens is 214 g/mol. The van der Waals surface area contributed by atoms with Crippen molar-refractivity contribution in [2.75, 3.05) is 0 Å². The van der Waals surface area contributed by atoms with Crippen molar-refractivity contribution in [3.63, 3.8) is 0 Å². The topological polar surface area (TPSA) is 52.3 Å². The predicted molar refractivity (Wildman–Crippen MR) is 63.1 cm³/mol. The first-order chi connectivity index (χ1) is 7.93. The molecule has 0 aromatic heterocycles. The number of carbonyl (C=O) groups is 1. The smallest absolute Gasteiger partial charge is 0.314 e. The molecule has 1 saturated heterocycles. The van der Waals surface area contributed by atoms with Crippen LogP contribution in [0.15, 0.2) is 0 Å². The Morgan fingerprint density at radius 2 is 2.00 bits per heavy atom. The van der Waals surface area contributed by atoms with Gasteiger partial charge in [0, 0.05) is 16.9 Å². The van der Waals surface area contributed by atoms with E-state index in [4.69, 9.17) is 10.5 Å². The van der Waals surface area contributed by atoms with Crippen LogP contribution in [0.4, 0.5) is 0 Å². The number of hydrogen-bond donors (Lipinski definition) is 1. The number of nitrogens with two attached hydrogens (primary N) is 1. The highest BCUT2D eigenvalue weighted by Gasteiger charge is 2.83. The maximum atomic E-state index is 12.4. The van der Waals surface area contributed by atoms with E-state index >= 15 is 0 Å². The third kappa shape index (κ3) is 0.815. The van der Waals surface area contributed by atoms with E-state index in [-0.39, 0.29) is 28.4 Å². The molecular formula is C14H21NO2. The molecule has 1 heterocycles. The van der Waals surface area contributed by atoms with Gasteiger partial charge in [0.15, 0.2) is 0 Å². The minimum atomic E-state index is -0.297. The largest absolute Gasteiger partial charge is 0.461 e. The van der Waals surface area contributed by atoms with Crippen molar-refractivity contribution >= 4 is 5.97 Å². The summed E-state index contributed by atoms with van der Waals surface area (Å²) in [4.78, 5) is 12.4. The fraction of sp³-hybridized carbons (Fsp3) is 0.929. The normalized spacial score (nSPS) is 58.1. The van der Waals surface area contributed by atoms with Crippen LogP contribution < -0.4 is 5.73 Å². The lowest BCUT2D eigenvalue weighted by Crippen LogP contribution is -2.76.